The lowest BCUT2D eigenvalue weighted by Crippen LogP contribution is -2.65. The summed E-state index contributed by atoms with van der Waals surface area (Å²) in [5.41, 5.74) is -0.190. The Hall–Kier alpha value is -0.940. The molecule has 0 aliphatic carbocycles. The van der Waals surface area contributed by atoms with Crippen molar-refractivity contribution in [1.29, 1.82) is 0 Å². The molecule has 1 atom stereocenters. The standard InChI is InChI=1S/C13H18N2O2.ClH/c1-15-9-8-14-10-13(15,17-2)12(16)11-6-4-3-5-7-11;/h3-7,14H,8-10H2,1-2H3;1H. The van der Waals surface area contributed by atoms with Crippen LogP contribution >= 0.6 is 12.4 Å². The number of ketones is 1. The van der Waals surface area contributed by atoms with Crippen molar-refractivity contribution < 1.29 is 9.53 Å². The number of hydrogen-bond donors (Lipinski definition) is 1. The van der Waals surface area contributed by atoms with Crippen molar-refractivity contribution in [2.75, 3.05) is 33.8 Å². The molecule has 100 valence electrons. The van der Waals surface area contributed by atoms with Crippen LogP contribution in [0.2, 0.25) is 0 Å². The molecule has 1 aromatic rings. The number of methoxy groups -OCH3 is 1. The van der Waals surface area contributed by atoms with Crippen molar-refractivity contribution in [3.63, 3.8) is 0 Å². The first-order valence-corrected chi connectivity index (χ1v) is 5.77. The second kappa shape index (κ2) is 6.29. The molecule has 4 nitrogen and oxygen atoms in total. The zero-order valence-electron chi connectivity index (χ0n) is 10.7. The molecule has 1 N–H and O–H groups in total. The molecule has 0 amide bonds. The summed E-state index contributed by atoms with van der Waals surface area (Å²) in [7, 11) is 3.51. The van der Waals surface area contributed by atoms with Crippen LogP contribution in [-0.2, 0) is 4.74 Å². The summed E-state index contributed by atoms with van der Waals surface area (Å²) in [6, 6.07) is 9.29. The molecule has 0 spiro atoms. The van der Waals surface area contributed by atoms with Crippen LogP contribution in [0.25, 0.3) is 0 Å². The maximum atomic E-state index is 12.6. The number of nitrogens with one attached hydrogen (secondary N) is 1. The van der Waals surface area contributed by atoms with Crippen LogP contribution in [0.3, 0.4) is 0 Å². The number of piperazine rings is 1. The van der Waals surface area contributed by atoms with Gasteiger partial charge in [-0.05, 0) is 7.05 Å². The summed E-state index contributed by atoms with van der Waals surface area (Å²) in [6.07, 6.45) is 0. The first-order chi connectivity index (χ1) is 8.20. The minimum Gasteiger partial charge on any atom is -0.355 e. The van der Waals surface area contributed by atoms with E-state index >= 15 is 0 Å². The van der Waals surface area contributed by atoms with Crippen molar-refractivity contribution >= 4 is 18.2 Å². The molecule has 1 unspecified atom stereocenters. The predicted molar refractivity (Wildman–Crippen MR) is 73.3 cm³/mol. The van der Waals surface area contributed by atoms with E-state index in [9.17, 15) is 4.79 Å². The van der Waals surface area contributed by atoms with E-state index in [4.69, 9.17) is 4.74 Å². The SMILES string of the molecule is COC1(C(=O)c2ccccc2)CNCCN1C.Cl. The molecule has 1 fully saturated rings. The molecule has 0 saturated carbocycles. The van der Waals surface area contributed by atoms with Gasteiger partial charge in [0.2, 0.25) is 5.78 Å². The fourth-order valence-electron chi connectivity index (χ4n) is 2.21. The van der Waals surface area contributed by atoms with Gasteiger partial charge < -0.3 is 10.1 Å². The Labute approximate surface area is 114 Å². The van der Waals surface area contributed by atoms with Gasteiger partial charge in [0.25, 0.3) is 0 Å². The normalized spacial score (nSPS) is 24.3. The lowest BCUT2D eigenvalue weighted by Gasteiger charge is -2.42. The average molecular weight is 271 g/mol. The van der Waals surface area contributed by atoms with Gasteiger partial charge in [0, 0.05) is 32.3 Å². The Morgan fingerprint density at radius 1 is 1.39 bits per heavy atom. The van der Waals surface area contributed by atoms with Crippen molar-refractivity contribution in [1.82, 2.24) is 10.2 Å². The summed E-state index contributed by atoms with van der Waals surface area (Å²) in [5, 5.41) is 3.22. The highest BCUT2D eigenvalue weighted by atomic mass is 35.5. The van der Waals surface area contributed by atoms with Crippen LogP contribution < -0.4 is 5.32 Å². The number of likely N-dealkylation sites (N-methyl/N-ethyl adjacent to an activating group) is 1. The molecule has 1 aliphatic heterocycles. The summed E-state index contributed by atoms with van der Waals surface area (Å²) < 4.78 is 5.52. The molecular weight excluding hydrogens is 252 g/mol. The highest BCUT2D eigenvalue weighted by molar-refractivity contribution is 6.02. The van der Waals surface area contributed by atoms with E-state index in [1.165, 1.54) is 0 Å². The molecule has 1 aliphatic rings. The van der Waals surface area contributed by atoms with Crippen LogP contribution in [0.15, 0.2) is 30.3 Å². The molecule has 1 aromatic carbocycles. The van der Waals surface area contributed by atoms with Gasteiger partial charge in [0.1, 0.15) is 0 Å². The summed E-state index contributed by atoms with van der Waals surface area (Å²) in [6.45, 7) is 2.20. The van der Waals surface area contributed by atoms with Crippen molar-refractivity contribution in [3.05, 3.63) is 35.9 Å². The zero-order chi connectivity index (χ0) is 12.3. The van der Waals surface area contributed by atoms with E-state index in [-0.39, 0.29) is 18.2 Å². The predicted octanol–water partition coefficient (Wildman–Crippen LogP) is 1.17. The maximum absolute atomic E-state index is 12.6. The van der Waals surface area contributed by atoms with Gasteiger partial charge in [-0.25, -0.2) is 0 Å². The van der Waals surface area contributed by atoms with Gasteiger partial charge in [-0.3, -0.25) is 9.69 Å². The Bertz CT molecular complexity index is 399. The second-order valence-corrected chi connectivity index (χ2v) is 4.28. The van der Waals surface area contributed by atoms with Gasteiger partial charge in [0.15, 0.2) is 5.72 Å². The molecule has 1 heterocycles. The second-order valence-electron chi connectivity index (χ2n) is 4.28. The highest BCUT2D eigenvalue weighted by Gasteiger charge is 2.44. The van der Waals surface area contributed by atoms with Gasteiger partial charge >= 0.3 is 0 Å². The number of nitrogens with zero attached hydrogens (tertiary/aromatic N) is 1. The van der Waals surface area contributed by atoms with Crippen molar-refractivity contribution in [3.8, 4) is 0 Å². The summed E-state index contributed by atoms with van der Waals surface area (Å²) in [5.74, 6) is 0.00954. The third-order valence-corrected chi connectivity index (χ3v) is 3.33. The molecule has 1 saturated heterocycles. The quantitative estimate of drug-likeness (QED) is 0.838. The average Bonchev–Trinajstić information content (AvgIpc) is 2.40. The Morgan fingerprint density at radius 2 is 2.06 bits per heavy atom. The molecule has 0 aromatic heterocycles. The van der Waals surface area contributed by atoms with E-state index < -0.39 is 5.72 Å². The van der Waals surface area contributed by atoms with Gasteiger partial charge in [-0.1, -0.05) is 30.3 Å². The minimum absolute atomic E-state index is 0. The van der Waals surface area contributed by atoms with Gasteiger partial charge in [0.05, 0.1) is 0 Å². The largest absolute Gasteiger partial charge is 0.355 e. The Kier molecular flexibility index (Phi) is 5.28. The third kappa shape index (κ3) is 2.57. The van der Waals surface area contributed by atoms with E-state index in [1.54, 1.807) is 7.11 Å². The number of rotatable bonds is 3. The monoisotopic (exact) mass is 270 g/mol. The number of carbonyl (C=O) groups excluding carboxylic acids is 1. The molecule has 2 rings (SSSR count). The number of halogens is 1. The number of ether oxygens (including phenoxy) is 1. The highest BCUT2D eigenvalue weighted by Crippen LogP contribution is 2.22. The fourth-order valence-corrected chi connectivity index (χ4v) is 2.21. The smallest absolute Gasteiger partial charge is 0.211 e. The van der Waals surface area contributed by atoms with Gasteiger partial charge in [-0.2, -0.15) is 0 Å². The molecular formula is C13H19ClN2O2. The van der Waals surface area contributed by atoms with Crippen molar-refractivity contribution in [2.45, 2.75) is 5.72 Å². The summed E-state index contributed by atoms with van der Waals surface area (Å²) in [4.78, 5) is 14.5. The van der Waals surface area contributed by atoms with Gasteiger partial charge in [-0.15, -0.1) is 12.4 Å². The zero-order valence-corrected chi connectivity index (χ0v) is 11.5. The molecule has 0 radical (unpaired) electrons. The maximum Gasteiger partial charge on any atom is 0.211 e. The van der Waals surface area contributed by atoms with E-state index in [0.717, 1.165) is 13.1 Å². The first-order valence-electron chi connectivity index (χ1n) is 5.77. The van der Waals surface area contributed by atoms with E-state index in [0.29, 0.717) is 12.1 Å². The third-order valence-electron chi connectivity index (χ3n) is 3.33. The van der Waals surface area contributed by atoms with Crippen molar-refractivity contribution in [2.24, 2.45) is 0 Å². The van der Waals surface area contributed by atoms with Crippen LogP contribution in [0, 0.1) is 0 Å². The molecule has 5 heteroatoms. The Balaban J connectivity index is 0.00000162. The minimum atomic E-state index is -0.875. The lowest BCUT2D eigenvalue weighted by atomic mass is 9.97. The van der Waals surface area contributed by atoms with Crippen LogP contribution in [0.5, 0.6) is 0 Å². The molecule has 0 bridgehead atoms. The number of hydrogen-bond acceptors (Lipinski definition) is 4. The fraction of sp³-hybridized carbons (Fsp3) is 0.462. The number of Topliss-reactive ketones (excluding diaryl/α,β-unsaturated/α-hetero) is 1. The van der Waals surface area contributed by atoms with Crippen LogP contribution in [0.4, 0.5) is 0 Å². The number of carbonyl (C=O) groups is 1. The van der Waals surface area contributed by atoms with Crippen LogP contribution in [0.1, 0.15) is 10.4 Å². The van der Waals surface area contributed by atoms with E-state index in [2.05, 4.69) is 5.32 Å². The number of benzene rings is 1. The topological polar surface area (TPSA) is 41.6 Å². The van der Waals surface area contributed by atoms with Crippen LogP contribution in [-0.4, -0.2) is 50.2 Å². The van der Waals surface area contributed by atoms with E-state index in [1.807, 2.05) is 42.3 Å². The summed E-state index contributed by atoms with van der Waals surface area (Å²) >= 11 is 0. The Morgan fingerprint density at radius 3 is 2.61 bits per heavy atom. The first kappa shape index (κ1) is 15.1. The molecule has 18 heavy (non-hydrogen) atoms. The lowest BCUT2D eigenvalue weighted by molar-refractivity contribution is -0.102.